The Balaban J connectivity index is 1.15. The zero-order valence-corrected chi connectivity index (χ0v) is 28.1. The van der Waals surface area contributed by atoms with E-state index in [1.807, 2.05) is 31.2 Å². The number of aliphatic hydroxyl groups excluding tert-OH is 1. The molecule has 3 N–H and O–H groups in total. The first-order valence-corrected chi connectivity index (χ1v) is 17.2. The maximum absolute atomic E-state index is 11.9. The first-order valence-electron chi connectivity index (χ1n) is 17.2. The summed E-state index contributed by atoms with van der Waals surface area (Å²) in [5.74, 6) is 0.138. The zero-order chi connectivity index (χ0) is 33.3. The summed E-state index contributed by atoms with van der Waals surface area (Å²) >= 11 is 0. The number of urea groups is 1. The van der Waals surface area contributed by atoms with E-state index < -0.39 is 6.29 Å². The highest BCUT2D eigenvalue weighted by Gasteiger charge is 2.39. The van der Waals surface area contributed by atoms with E-state index in [0.29, 0.717) is 13.1 Å². The molecule has 8 nitrogen and oxygen atoms in total. The predicted octanol–water partition coefficient (Wildman–Crippen LogP) is 6.27. The maximum atomic E-state index is 11.9. The minimum absolute atomic E-state index is 0.0132. The molecule has 2 amide bonds. The van der Waals surface area contributed by atoms with Gasteiger partial charge in [-0.1, -0.05) is 104 Å². The number of ether oxygens (including phenoxy) is 2. The molecule has 2 aliphatic rings. The first-order chi connectivity index (χ1) is 23.5. The van der Waals surface area contributed by atoms with Gasteiger partial charge in [0, 0.05) is 63.8 Å². The third-order valence-electron chi connectivity index (χ3n) is 9.51. The Labute approximate surface area is 284 Å². The fraction of sp³-hybridized carbons (Fsp3) is 0.375. The number of aliphatic hydroxyl groups is 1. The van der Waals surface area contributed by atoms with Gasteiger partial charge in [-0.05, 0) is 46.4 Å². The van der Waals surface area contributed by atoms with Crippen molar-refractivity contribution in [3.63, 3.8) is 0 Å². The normalized spacial score (nSPS) is 21.9. The molecule has 2 saturated heterocycles. The number of nitrogens with zero attached hydrogens (tertiary/aromatic N) is 2. The van der Waals surface area contributed by atoms with E-state index in [-0.39, 0.29) is 30.8 Å². The van der Waals surface area contributed by atoms with Crippen molar-refractivity contribution in [2.75, 3.05) is 39.3 Å². The summed E-state index contributed by atoms with van der Waals surface area (Å²) in [5, 5.41) is 15.3. The van der Waals surface area contributed by atoms with Crippen molar-refractivity contribution in [3.05, 3.63) is 131 Å². The van der Waals surface area contributed by atoms with Gasteiger partial charge < -0.3 is 25.2 Å². The number of hydrogen-bond acceptors (Lipinski definition) is 6. The topological polar surface area (TPSA) is 86.3 Å². The summed E-state index contributed by atoms with van der Waals surface area (Å²) in [5.41, 5.74) is 7.53. The summed E-state index contributed by atoms with van der Waals surface area (Å²) in [6.07, 6.45) is -0.662. The van der Waals surface area contributed by atoms with Crippen LogP contribution in [-0.4, -0.2) is 66.3 Å². The van der Waals surface area contributed by atoms with Crippen molar-refractivity contribution in [2.24, 2.45) is 5.92 Å². The lowest BCUT2D eigenvalue weighted by Gasteiger charge is -2.44. The van der Waals surface area contributed by atoms with Crippen LogP contribution in [0.4, 0.5) is 4.79 Å². The molecule has 48 heavy (non-hydrogen) atoms. The second-order valence-corrected chi connectivity index (χ2v) is 12.9. The van der Waals surface area contributed by atoms with E-state index in [4.69, 9.17) is 9.47 Å². The third-order valence-corrected chi connectivity index (χ3v) is 9.51. The van der Waals surface area contributed by atoms with Crippen LogP contribution in [0.3, 0.4) is 0 Å². The van der Waals surface area contributed by atoms with Crippen molar-refractivity contribution in [1.82, 2.24) is 20.4 Å². The van der Waals surface area contributed by atoms with E-state index in [2.05, 4.69) is 106 Å². The molecule has 252 valence electrons. The minimum atomic E-state index is -0.505. The van der Waals surface area contributed by atoms with Crippen molar-refractivity contribution in [3.8, 4) is 11.1 Å². The van der Waals surface area contributed by atoms with E-state index >= 15 is 0 Å². The Bertz CT molecular complexity index is 1590. The smallest absolute Gasteiger partial charge is 0.315 e. The van der Waals surface area contributed by atoms with Gasteiger partial charge in [0.2, 0.25) is 0 Å². The van der Waals surface area contributed by atoms with E-state index in [1.54, 1.807) is 0 Å². The number of rotatable bonds is 11. The van der Waals surface area contributed by atoms with Crippen LogP contribution in [-0.2, 0) is 29.2 Å². The standard InChI is InChI=1S/C40H48N4O4/c1-3-41-40(46)42-25-32-10-7-11-36(24-32)33-16-18-35(19-17-33)39-47-37(29(2)38(48-39)34-14-12-31(28-45)13-15-34)27-44-22-20-43(21-23-44)26-30-8-5-4-6-9-30/h4-19,24,29,37-39,45H,3,20-23,25-28H2,1-2H3,(H2,41,42,46). The molecule has 0 aromatic heterocycles. The van der Waals surface area contributed by atoms with Gasteiger partial charge in [-0.2, -0.15) is 0 Å². The van der Waals surface area contributed by atoms with Crippen molar-refractivity contribution >= 4 is 6.03 Å². The number of benzene rings is 4. The summed E-state index contributed by atoms with van der Waals surface area (Å²) in [4.78, 5) is 16.9. The number of piperazine rings is 1. The molecule has 2 heterocycles. The van der Waals surface area contributed by atoms with Crippen molar-refractivity contribution in [2.45, 2.75) is 52.0 Å². The fourth-order valence-electron chi connectivity index (χ4n) is 6.65. The number of hydrogen-bond donors (Lipinski definition) is 3. The Morgan fingerprint density at radius 1 is 0.750 bits per heavy atom. The molecule has 8 heteroatoms. The molecular formula is C40H48N4O4. The molecule has 2 fully saturated rings. The Hall–Kier alpha value is -4.05. The summed E-state index contributed by atoms with van der Waals surface area (Å²) in [6, 6.07) is 35.3. The van der Waals surface area contributed by atoms with E-state index in [0.717, 1.165) is 72.6 Å². The molecule has 4 atom stereocenters. The monoisotopic (exact) mass is 648 g/mol. The molecule has 4 aromatic rings. The maximum Gasteiger partial charge on any atom is 0.315 e. The van der Waals surface area contributed by atoms with Gasteiger partial charge in [0.15, 0.2) is 6.29 Å². The van der Waals surface area contributed by atoms with Gasteiger partial charge in [0.1, 0.15) is 0 Å². The molecular weight excluding hydrogens is 600 g/mol. The van der Waals surface area contributed by atoms with Crippen LogP contribution < -0.4 is 10.6 Å². The average Bonchev–Trinajstić information content (AvgIpc) is 3.13. The molecule has 4 aromatic carbocycles. The van der Waals surface area contributed by atoms with Crippen LogP contribution in [0.5, 0.6) is 0 Å². The summed E-state index contributed by atoms with van der Waals surface area (Å²) < 4.78 is 13.5. The Kier molecular flexibility index (Phi) is 11.5. The van der Waals surface area contributed by atoms with E-state index in [1.165, 1.54) is 5.56 Å². The van der Waals surface area contributed by atoms with Crippen LogP contribution >= 0.6 is 0 Å². The summed E-state index contributed by atoms with van der Waals surface area (Å²) in [7, 11) is 0. The van der Waals surface area contributed by atoms with Crippen LogP contribution in [0.2, 0.25) is 0 Å². The molecule has 2 aliphatic heterocycles. The van der Waals surface area contributed by atoms with Crippen LogP contribution in [0.15, 0.2) is 103 Å². The van der Waals surface area contributed by atoms with Crippen LogP contribution in [0.25, 0.3) is 11.1 Å². The van der Waals surface area contributed by atoms with Gasteiger partial charge >= 0.3 is 6.03 Å². The van der Waals surface area contributed by atoms with E-state index in [9.17, 15) is 9.90 Å². The predicted molar refractivity (Wildman–Crippen MR) is 189 cm³/mol. The van der Waals surface area contributed by atoms with Crippen molar-refractivity contribution in [1.29, 1.82) is 0 Å². The first kappa shape index (κ1) is 33.8. The molecule has 0 saturated carbocycles. The highest BCUT2D eigenvalue weighted by Crippen LogP contribution is 2.42. The second-order valence-electron chi connectivity index (χ2n) is 12.9. The summed E-state index contributed by atoms with van der Waals surface area (Å²) in [6.45, 7) is 11.1. The zero-order valence-electron chi connectivity index (χ0n) is 28.1. The largest absolute Gasteiger partial charge is 0.392 e. The fourth-order valence-corrected chi connectivity index (χ4v) is 6.65. The number of nitrogens with one attached hydrogen (secondary N) is 2. The number of amides is 2. The quantitative estimate of drug-likeness (QED) is 0.178. The molecule has 0 bridgehead atoms. The Morgan fingerprint density at radius 2 is 1.44 bits per heavy atom. The molecule has 0 spiro atoms. The van der Waals surface area contributed by atoms with Crippen LogP contribution in [0, 0.1) is 5.92 Å². The van der Waals surface area contributed by atoms with Gasteiger partial charge in [-0.25, -0.2) is 4.79 Å². The highest BCUT2D eigenvalue weighted by molar-refractivity contribution is 5.73. The third kappa shape index (κ3) is 8.69. The average molecular weight is 649 g/mol. The lowest BCUT2D eigenvalue weighted by atomic mass is 9.89. The SMILES string of the molecule is CCNC(=O)NCc1cccc(-c2ccc(C3OC(CN4CCN(Cc5ccccc5)CC4)C(C)C(c4ccc(CO)cc4)O3)cc2)c1. The number of carbonyl (C=O) groups is 1. The molecule has 4 unspecified atom stereocenters. The highest BCUT2D eigenvalue weighted by atomic mass is 16.7. The van der Waals surface area contributed by atoms with Crippen molar-refractivity contribution < 1.29 is 19.4 Å². The van der Waals surface area contributed by atoms with Gasteiger partial charge in [-0.3, -0.25) is 9.80 Å². The lowest BCUT2D eigenvalue weighted by Crippen LogP contribution is -2.51. The second kappa shape index (κ2) is 16.4. The minimum Gasteiger partial charge on any atom is -0.392 e. The van der Waals surface area contributed by atoms with Gasteiger partial charge in [-0.15, -0.1) is 0 Å². The lowest BCUT2D eigenvalue weighted by molar-refractivity contribution is -0.276. The van der Waals surface area contributed by atoms with Gasteiger partial charge in [0.05, 0.1) is 18.8 Å². The molecule has 0 radical (unpaired) electrons. The molecule has 0 aliphatic carbocycles. The van der Waals surface area contributed by atoms with Crippen LogP contribution in [0.1, 0.15) is 54.1 Å². The number of carbonyl (C=O) groups excluding carboxylic acids is 1. The van der Waals surface area contributed by atoms with Gasteiger partial charge in [0.25, 0.3) is 0 Å². The Morgan fingerprint density at radius 3 is 2.15 bits per heavy atom. The molecule has 6 rings (SSSR count).